The summed E-state index contributed by atoms with van der Waals surface area (Å²) in [5, 5.41) is 0. The number of rotatable bonds is 3. The van der Waals surface area contributed by atoms with Gasteiger partial charge in [0, 0.05) is 17.7 Å². The number of nitrogens with zero attached hydrogens (tertiary/aromatic N) is 1. The maximum absolute atomic E-state index is 14.3. The van der Waals surface area contributed by atoms with Crippen LogP contribution in [0.25, 0.3) is 0 Å². The van der Waals surface area contributed by atoms with Gasteiger partial charge in [0.15, 0.2) is 0 Å². The van der Waals surface area contributed by atoms with Gasteiger partial charge in [-0.2, -0.15) is 0 Å². The third-order valence-electron chi connectivity index (χ3n) is 4.35. The molecule has 3 rings (SSSR count). The lowest BCUT2D eigenvalue weighted by atomic mass is 9.93. The molecule has 23 heavy (non-hydrogen) atoms. The molecule has 0 aromatic heterocycles. The van der Waals surface area contributed by atoms with Gasteiger partial charge in [-0.3, -0.25) is 4.79 Å². The number of anilines is 1. The van der Waals surface area contributed by atoms with E-state index in [9.17, 15) is 13.6 Å². The smallest absolute Gasteiger partial charge is 0.258 e. The van der Waals surface area contributed by atoms with Gasteiger partial charge in [0.1, 0.15) is 11.6 Å². The highest BCUT2D eigenvalue weighted by Gasteiger charge is 2.29. The lowest BCUT2D eigenvalue weighted by molar-refractivity contribution is 0.0969. The van der Waals surface area contributed by atoms with Crippen molar-refractivity contribution in [1.82, 2.24) is 0 Å². The van der Waals surface area contributed by atoms with E-state index >= 15 is 0 Å². The van der Waals surface area contributed by atoms with E-state index in [0.29, 0.717) is 5.56 Å². The summed E-state index contributed by atoms with van der Waals surface area (Å²) < 4.78 is 27.5. The maximum atomic E-state index is 14.3. The van der Waals surface area contributed by atoms with Crippen LogP contribution in [0.3, 0.4) is 0 Å². The fourth-order valence-electron chi connectivity index (χ4n) is 3.21. The third kappa shape index (κ3) is 3.41. The summed E-state index contributed by atoms with van der Waals surface area (Å²) in [6.07, 6.45) is 4.86. The first-order valence-corrected chi connectivity index (χ1v) is 8.00. The molecule has 2 aromatic carbocycles. The summed E-state index contributed by atoms with van der Waals surface area (Å²) in [5.74, 6) is -1.56. The lowest BCUT2D eigenvalue weighted by Crippen LogP contribution is -2.42. The molecule has 2 nitrogen and oxygen atoms in total. The Morgan fingerprint density at radius 3 is 2.30 bits per heavy atom. The van der Waals surface area contributed by atoms with Gasteiger partial charge in [-0.1, -0.05) is 37.5 Å². The van der Waals surface area contributed by atoms with Crippen LogP contribution in [0.2, 0.25) is 0 Å². The largest absolute Gasteiger partial charge is 0.302 e. The zero-order valence-corrected chi connectivity index (χ0v) is 12.8. The van der Waals surface area contributed by atoms with Crippen LogP contribution in [0.15, 0.2) is 48.5 Å². The third-order valence-corrected chi connectivity index (χ3v) is 4.35. The van der Waals surface area contributed by atoms with Gasteiger partial charge in [0.05, 0.1) is 5.69 Å². The van der Waals surface area contributed by atoms with Gasteiger partial charge >= 0.3 is 0 Å². The molecule has 0 atom stereocenters. The Kier molecular flexibility index (Phi) is 4.70. The Labute approximate surface area is 134 Å². The van der Waals surface area contributed by atoms with Crippen molar-refractivity contribution in [1.29, 1.82) is 0 Å². The number of amides is 1. The first-order valence-electron chi connectivity index (χ1n) is 8.00. The van der Waals surface area contributed by atoms with Crippen LogP contribution in [0.1, 0.15) is 42.5 Å². The number of carbonyl (C=O) groups excluding carboxylic acids is 1. The van der Waals surface area contributed by atoms with Crippen molar-refractivity contribution < 1.29 is 13.6 Å². The Bertz CT molecular complexity index is 681. The van der Waals surface area contributed by atoms with Crippen molar-refractivity contribution in [3.63, 3.8) is 0 Å². The van der Waals surface area contributed by atoms with Gasteiger partial charge in [-0.05, 0) is 37.1 Å². The first-order chi connectivity index (χ1) is 11.2. The average molecular weight is 315 g/mol. The number of benzene rings is 2. The molecule has 0 saturated heterocycles. The molecular weight excluding hydrogens is 296 g/mol. The predicted octanol–water partition coefficient (Wildman–Crippen LogP) is 4.94. The fourth-order valence-corrected chi connectivity index (χ4v) is 3.21. The zero-order chi connectivity index (χ0) is 16.2. The van der Waals surface area contributed by atoms with Gasteiger partial charge in [0.25, 0.3) is 5.91 Å². The van der Waals surface area contributed by atoms with Crippen molar-refractivity contribution >= 4 is 11.6 Å². The van der Waals surface area contributed by atoms with E-state index in [0.717, 1.165) is 38.2 Å². The molecule has 1 aliphatic carbocycles. The minimum absolute atomic E-state index is 0.0450. The van der Waals surface area contributed by atoms with Gasteiger partial charge in [-0.25, -0.2) is 8.78 Å². The molecule has 0 unspecified atom stereocenters. The van der Waals surface area contributed by atoms with E-state index < -0.39 is 11.6 Å². The first kappa shape index (κ1) is 15.7. The summed E-state index contributed by atoms with van der Waals surface area (Å²) in [7, 11) is 0. The van der Waals surface area contributed by atoms with Crippen LogP contribution in [-0.4, -0.2) is 11.9 Å². The molecule has 1 aliphatic rings. The Morgan fingerprint density at radius 1 is 0.957 bits per heavy atom. The predicted molar refractivity (Wildman–Crippen MR) is 86.5 cm³/mol. The fraction of sp³-hybridized carbons (Fsp3) is 0.316. The van der Waals surface area contributed by atoms with Crippen LogP contribution in [-0.2, 0) is 0 Å². The molecule has 0 bridgehead atoms. The minimum atomic E-state index is -0.695. The molecule has 2 aromatic rings. The van der Waals surface area contributed by atoms with E-state index in [1.54, 1.807) is 24.3 Å². The van der Waals surface area contributed by atoms with Crippen LogP contribution in [0, 0.1) is 11.6 Å². The molecule has 1 fully saturated rings. The highest BCUT2D eigenvalue weighted by Crippen LogP contribution is 2.31. The van der Waals surface area contributed by atoms with Crippen LogP contribution < -0.4 is 4.90 Å². The number of carbonyl (C=O) groups is 1. The highest BCUT2D eigenvalue weighted by atomic mass is 19.1. The lowest BCUT2D eigenvalue weighted by Gasteiger charge is -2.34. The Balaban J connectivity index is 2.01. The molecule has 0 spiro atoms. The van der Waals surface area contributed by atoms with E-state index in [1.807, 2.05) is 6.07 Å². The van der Waals surface area contributed by atoms with Crippen molar-refractivity contribution in [2.75, 3.05) is 4.90 Å². The van der Waals surface area contributed by atoms with Crippen LogP contribution >= 0.6 is 0 Å². The topological polar surface area (TPSA) is 20.3 Å². The SMILES string of the molecule is O=C(c1ccccc1)N(c1ccc(F)cc1F)C1CCCCC1. The molecule has 0 radical (unpaired) electrons. The highest BCUT2D eigenvalue weighted by molar-refractivity contribution is 6.06. The standard InChI is InChI=1S/C19H19F2NO/c20-15-11-12-18(17(21)13-15)22(16-9-5-2-6-10-16)19(23)14-7-3-1-4-8-14/h1,3-4,7-8,11-13,16H,2,5-6,9-10H2. The summed E-state index contributed by atoms with van der Waals surface area (Å²) in [6, 6.07) is 12.2. The number of hydrogen-bond acceptors (Lipinski definition) is 1. The molecule has 120 valence electrons. The monoisotopic (exact) mass is 315 g/mol. The molecule has 0 aliphatic heterocycles. The van der Waals surface area contributed by atoms with Gasteiger partial charge in [0.2, 0.25) is 0 Å². The molecule has 0 N–H and O–H groups in total. The van der Waals surface area contributed by atoms with E-state index in [2.05, 4.69) is 0 Å². The van der Waals surface area contributed by atoms with Crippen molar-refractivity contribution in [2.24, 2.45) is 0 Å². The number of halogens is 2. The van der Waals surface area contributed by atoms with Crippen molar-refractivity contribution in [3.05, 3.63) is 65.7 Å². The van der Waals surface area contributed by atoms with E-state index in [-0.39, 0.29) is 17.6 Å². The minimum Gasteiger partial charge on any atom is -0.302 e. The zero-order valence-electron chi connectivity index (χ0n) is 12.8. The molecular formula is C19H19F2NO. The number of hydrogen-bond donors (Lipinski definition) is 0. The summed E-state index contributed by atoms with van der Waals surface area (Å²) in [6.45, 7) is 0. The quantitative estimate of drug-likeness (QED) is 0.785. The van der Waals surface area contributed by atoms with Crippen LogP contribution in [0.4, 0.5) is 14.5 Å². The van der Waals surface area contributed by atoms with Crippen molar-refractivity contribution in [2.45, 2.75) is 38.1 Å². The van der Waals surface area contributed by atoms with E-state index in [4.69, 9.17) is 0 Å². The second kappa shape index (κ2) is 6.90. The summed E-state index contributed by atoms with van der Waals surface area (Å²) in [4.78, 5) is 14.5. The Morgan fingerprint density at radius 2 is 1.65 bits per heavy atom. The van der Waals surface area contributed by atoms with E-state index in [1.165, 1.54) is 17.0 Å². The van der Waals surface area contributed by atoms with Crippen LogP contribution in [0.5, 0.6) is 0 Å². The Hall–Kier alpha value is -2.23. The second-order valence-corrected chi connectivity index (χ2v) is 5.93. The molecule has 4 heteroatoms. The normalized spacial score (nSPS) is 15.4. The molecule has 1 amide bonds. The van der Waals surface area contributed by atoms with Crippen molar-refractivity contribution in [3.8, 4) is 0 Å². The summed E-state index contributed by atoms with van der Waals surface area (Å²) in [5.41, 5.74) is 0.675. The second-order valence-electron chi connectivity index (χ2n) is 5.93. The average Bonchev–Trinajstić information content (AvgIpc) is 2.59. The summed E-state index contributed by atoms with van der Waals surface area (Å²) >= 11 is 0. The van der Waals surface area contributed by atoms with Gasteiger partial charge in [-0.15, -0.1) is 0 Å². The molecule has 0 heterocycles. The maximum Gasteiger partial charge on any atom is 0.258 e. The van der Waals surface area contributed by atoms with Gasteiger partial charge < -0.3 is 4.90 Å². The molecule has 1 saturated carbocycles.